The Bertz CT molecular complexity index is 1070. The van der Waals surface area contributed by atoms with Crippen molar-refractivity contribution in [1.82, 2.24) is 9.38 Å². The zero-order valence-electron chi connectivity index (χ0n) is 13.5. The molecule has 0 spiro atoms. The van der Waals surface area contributed by atoms with E-state index in [9.17, 15) is 19.7 Å². The van der Waals surface area contributed by atoms with Crippen LogP contribution in [0.5, 0.6) is 0 Å². The summed E-state index contributed by atoms with van der Waals surface area (Å²) in [6.45, 7) is 3.20. The number of carbonyl (C=O) groups excluding carboxylic acids is 1. The normalized spacial score (nSPS) is 10.6. The van der Waals surface area contributed by atoms with Crippen molar-refractivity contribution >= 4 is 22.9 Å². The fourth-order valence-corrected chi connectivity index (χ4v) is 2.48. The fraction of sp³-hybridized carbons (Fsp3) is 0.118. The molecule has 0 saturated carbocycles. The monoisotopic (exact) mass is 338 g/mol. The van der Waals surface area contributed by atoms with Crippen molar-refractivity contribution in [3.63, 3.8) is 0 Å². The highest BCUT2D eigenvalue weighted by Crippen LogP contribution is 2.20. The third kappa shape index (κ3) is 2.97. The number of hydrogen-bond donors (Lipinski definition) is 1. The predicted octanol–water partition coefficient (Wildman–Crippen LogP) is 2.47. The number of pyridine rings is 1. The second kappa shape index (κ2) is 6.16. The third-order valence-corrected chi connectivity index (χ3v) is 3.82. The van der Waals surface area contributed by atoms with E-state index in [2.05, 4.69) is 10.3 Å². The number of aryl methyl sites for hydroxylation is 2. The number of nitro groups is 1. The number of hydrogen-bond acceptors (Lipinski definition) is 5. The molecule has 0 atom stereocenters. The Morgan fingerprint density at radius 2 is 2.00 bits per heavy atom. The number of nitrogens with one attached hydrogen (secondary N) is 1. The average Bonchev–Trinajstić information content (AvgIpc) is 2.58. The highest BCUT2D eigenvalue weighted by Gasteiger charge is 2.17. The first-order valence-corrected chi connectivity index (χ1v) is 7.43. The van der Waals surface area contributed by atoms with E-state index in [1.807, 2.05) is 0 Å². The zero-order valence-corrected chi connectivity index (χ0v) is 13.5. The van der Waals surface area contributed by atoms with Crippen LogP contribution in [0.25, 0.3) is 5.65 Å². The van der Waals surface area contributed by atoms with Gasteiger partial charge >= 0.3 is 0 Å². The van der Waals surface area contributed by atoms with Crippen LogP contribution in [-0.2, 0) is 0 Å². The summed E-state index contributed by atoms with van der Waals surface area (Å²) in [5, 5.41) is 13.5. The van der Waals surface area contributed by atoms with Crippen LogP contribution in [0.2, 0.25) is 0 Å². The minimum atomic E-state index is -0.610. The Kier molecular flexibility index (Phi) is 4.02. The number of benzene rings is 1. The minimum absolute atomic E-state index is 0.0388. The molecule has 0 aliphatic carbocycles. The van der Waals surface area contributed by atoms with Gasteiger partial charge in [-0.1, -0.05) is 12.1 Å². The number of fused-ring (bicyclic) bond motifs is 1. The maximum atomic E-state index is 12.5. The van der Waals surface area contributed by atoms with Crippen molar-refractivity contribution in [3.8, 4) is 0 Å². The molecule has 2 aromatic heterocycles. The van der Waals surface area contributed by atoms with Gasteiger partial charge in [0.05, 0.1) is 10.6 Å². The Labute approximate surface area is 141 Å². The van der Waals surface area contributed by atoms with Crippen molar-refractivity contribution < 1.29 is 9.72 Å². The number of aromatic nitrogens is 2. The van der Waals surface area contributed by atoms with Gasteiger partial charge in [0, 0.05) is 23.4 Å². The molecule has 8 heteroatoms. The van der Waals surface area contributed by atoms with Crippen LogP contribution >= 0.6 is 0 Å². The quantitative estimate of drug-likeness (QED) is 0.583. The topological polar surface area (TPSA) is 107 Å². The Balaban J connectivity index is 2.02. The van der Waals surface area contributed by atoms with Gasteiger partial charge in [-0.15, -0.1) is 0 Å². The van der Waals surface area contributed by atoms with Gasteiger partial charge in [0.25, 0.3) is 17.2 Å². The number of amides is 1. The standard InChI is InChI=1S/C17H14N4O4/c1-10-6-7-12(9-13(10)21(24)25)16(22)19-15-11(2)18-14-5-3-4-8-20(14)17(15)23/h3-9H,1-2H3,(H,19,22). The van der Waals surface area contributed by atoms with Gasteiger partial charge in [-0.05, 0) is 32.0 Å². The second-order valence-corrected chi connectivity index (χ2v) is 5.52. The number of rotatable bonds is 3. The SMILES string of the molecule is Cc1ccc(C(=O)Nc2c(C)nc3ccccn3c2=O)cc1[N+](=O)[O-]. The van der Waals surface area contributed by atoms with Gasteiger partial charge in [-0.2, -0.15) is 0 Å². The molecule has 0 fully saturated rings. The average molecular weight is 338 g/mol. The highest BCUT2D eigenvalue weighted by molar-refractivity contribution is 6.05. The van der Waals surface area contributed by atoms with E-state index < -0.39 is 16.4 Å². The van der Waals surface area contributed by atoms with Crippen molar-refractivity contribution in [3.05, 3.63) is 79.9 Å². The molecule has 0 unspecified atom stereocenters. The third-order valence-electron chi connectivity index (χ3n) is 3.82. The largest absolute Gasteiger partial charge is 0.316 e. The molecule has 1 amide bonds. The van der Waals surface area contributed by atoms with Crippen LogP contribution in [0.15, 0.2) is 47.4 Å². The van der Waals surface area contributed by atoms with E-state index in [-0.39, 0.29) is 16.9 Å². The van der Waals surface area contributed by atoms with Gasteiger partial charge in [0.2, 0.25) is 0 Å². The zero-order chi connectivity index (χ0) is 18.1. The first-order chi connectivity index (χ1) is 11.9. The first-order valence-electron chi connectivity index (χ1n) is 7.43. The Hall–Kier alpha value is -3.55. The van der Waals surface area contributed by atoms with E-state index in [4.69, 9.17) is 0 Å². The lowest BCUT2D eigenvalue weighted by Gasteiger charge is -2.09. The number of nitro benzene ring substituents is 1. The summed E-state index contributed by atoms with van der Waals surface area (Å²) in [6.07, 6.45) is 1.55. The van der Waals surface area contributed by atoms with E-state index >= 15 is 0 Å². The summed E-state index contributed by atoms with van der Waals surface area (Å²) < 4.78 is 1.32. The van der Waals surface area contributed by atoms with Gasteiger partial charge in [-0.3, -0.25) is 24.1 Å². The number of nitrogens with zero attached hydrogens (tertiary/aromatic N) is 3. The van der Waals surface area contributed by atoms with Crippen LogP contribution in [0.1, 0.15) is 21.6 Å². The maximum Gasteiger partial charge on any atom is 0.281 e. The summed E-state index contributed by atoms with van der Waals surface area (Å²) in [4.78, 5) is 39.7. The molecule has 3 rings (SSSR count). The summed E-state index contributed by atoms with van der Waals surface area (Å²) in [7, 11) is 0. The van der Waals surface area contributed by atoms with Gasteiger partial charge < -0.3 is 5.32 Å². The first kappa shape index (κ1) is 16.3. The van der Waals surface area contributed by atoms with Crippen LogP contribution in [-0.4, -0.2) is 20.2 Å². The number of carbonyl (C=O) groups is 1. The van der Waals surface area contributed by atoms with E-state index in [1.165, 1.54) is 22.6 Å². The highest BCUT2D eigenvalue weighted by atomic mass is 16.6. The smallest absolute Gasteiger partial charge is 0.281 e. The Morgan fingerprint density at radius 1 is 1.24 bits per heavy atom. The molecule has 25 heavy (non-hydrogen) atoms. The van der Waals surface area contributed by atoms with Crippen LogP contribution in [0.4, 0.5) is 11.4 Å². The lowest BCUT2D eigenvalue weighted by Crippen LogP contribution is -2.25. The summed E-state index contributed by atoms with van der Waals surface area (Å²) >= 11 is 0. The molecule has 126 valence electrons. The molecular weight excluding hydrogens is 324 g/mol. The van der Waals surface area contributed by atoms with Gasteiger partial charge in [0.15, 0.2) is 0 Å². The van der Waals surface area contributed by atoms with E-state index in [1.54, 1.807) is 38.2 Å². The molecule has 1 N–H and O–H groups in total. The molecule has 0 radical (unpaired) electrons. The Morgan fingerprint density at radius 3 is 2.72 bits per heavy atom. The predicted molar refractivity (Wildman–Crippen MR) is 92.0 cm³/mol. The fourth-order valence-electron chi connectivity index (χ4n) is 2.48. The van der Waals surface area contributed by atoms with E-state index in [0.717, 1.165) is 0 Å². The molecule has 0 aliphatic heterocycles. The van der Waals surface area contributed by atoms with Gasteiger partial charge in [0.1, 0.15) is 11.3 Å². The van der Waals surface area contributed by atoms with Crippen molar-refractivity contribution in [2.45, 2.75) is 13.8 Å². The molecule has 0 saturated heterocycles. The molecular formula is C17H14N4O4. The van der Waals surface area contributed by atoms with Gasteiger partial charge in [-0.25, -0.2) is 4.98 Å². The van der Waals surface area contributed by atoms with Crippen LogP contribution in [0.3, 0.4) is 0 Å². The van der Waals surface area contributed by atoms with E-state index in [0.29, 0.717) is 16.9 Å². The molecule has 3 aromatic rings. The molecule has 0 bridgehead atoms. The molecule has 1 aromatic carbocycles. The van der Waals surface area contributed by atoms with Crippen molar-refractivity contribution in [1.29, 1.82) is 0 Å². The molecule has 0 aliphatic rings. The lowest BCUT2D eigenvalue weighted by atomic mass is 10.1. The summed E-state index contributed by atoms with van der Waals surface area (Å²) in [6, 6.07) is 9.27. The summed E-state index contributed by atoms with van der Waals surface area (Å²) in [5.41, 5.74) is 0.840. The summed E-state index contributed by atoms with van der Waals surface area (Å²) in [5.74, 6) is -0.610. The van der Waals surface area contributed by atoms with Crippen molar-refractivity contribution in [2.75, 3.05) is 5.32 Å². The van der Waals surface area contributed by atoms with Crippen molar-refractivity contribution in [2.24, 2.45) is 0 Å². The van der Waals surface area contributed by atoms with Crippen LogP contribution < -0.4 is 10.9 Å². The number of anilines is 1. The molecule has 8 nitrogen and oxygen atoms in total. The maximum absolute atomic E-state index is 12.5. The second-order valence-electron chi connectivity index (χ2n) is 5.52. The van der Waals surface area contributed by atoms with Crippen LogP contribution in [0, 0.1) is 24.0 Å². The lowest BCUT2D eigenvalue weighted by molar-refractivity contribution is -0.385. The molecule has 2 heterocycles. The minimum Gasteiger partial charge on any atom is -0.316 e.